The highest BCUT2D eigenvalue weighted by molar-refractivity contribution is 6.14. The molecule has 1 unspecified atom stereocenters. The van der Waals surface area contributed by atoms with E-state index >= 15 is 0 Å². The van der Waals surface area contributed by atoms with Crippen LogP contribution in [0.3, 0.4) is 0 Å². The fourth-order valence-electron chi connectivity index (χ4n) is 2.45. The summed E-state index contributed by atoms with van der Waals surface area (Å²) in [4.78, 5) is 24.8. The minimum atomic E-state index is -0.663. The molecule has 2 heterocycles. The van der Waals surface area contributed by atoms with Crippen molar-refractivity contribution in [3.63, 3.8) is 0 Å². The third kappa shape index (κ3) is 1.38. The Hall–Kier alpha value is -1.23. The van der Waals surface area contributed by atoms with Crippen molar-refractivity contribution in [2.24, 2.45) is 10.5 Å². The molecule has 0 aliphatic carbocycles. The Kier molecular flexibility index (Phi) is 2.34. The van der Waals surface area contributed by atoms with E-state index in [1.165, 1.54) is 5.01 Å². The van der Waals surface area contributed by atoms with Gasteiger partial charge in [0.05, 0.1) is 5.71 Å². The SMILES string of the molecule is CN1CCC2=NN(C)C(=O)C2(CC=O)C1. The maximum atomic E-state index is 12.0. The first kappa shape index (κ1) is 10.3. The number of piperidine rings is 1. The van der Waals surface area contributed by atoms with Gasteiger partial charge in [-0.2, -0.15) is 5.10 Å². The Balaban J connectivity index is 2.37. The molecular weight excluding hydrogens is 194 g/mol. The number of carbonyl (C=O) groups is 2. The normalized spacial score (nSPS) is 31.5. The van der Waals surface area contributed by atoms with Crippen molar-refractivity contribution in [2.75, 3.05) is 27.2 Å². The van der Waals surface area contributed by atoms with Gasteiger partial charge < -0.3 is 9.69 Å². The van der Waals surface area contributed by atoms with E-state index < -0.39 is 5.41 Å². The van der Waals surface area contributed by atoms with Gasteiger partial charge >= 0.3 is 0 Å². The average molecular weight is 209 g/mol. The Morgan fingerprint density at radius 1 is 1.53 bits per heavy atom. The number of nitrogens with zero attached hydrogens (tertiary/aromatic N) is 3. The van der Waals surface area contributed by atoms with Crippen LogP contribution in [0.25, 0.3) is 0 Å². The minimum absolute atomic E-state index is 0.0452. The number of aldehydes is 1. The molecule has 2 aliphatic rings. The van der Waals surface area contributed by atoms with Gasteiger partial charge in [0.15, 0.2) is 0 Å². The standard InChI is InChI=1S/C10H15N3O2/c1-12-5-3-8-10(7-12,4-6-14)9(15)13(2)11-8/h6H,3-5,7H2,1-2H3. The number of carbonyl (C=O) groups excluding carboxylic acids is 2. The molecule has 0 radical (unpaired) electrons. The summed E-state index contributed by atoms with van der Waals surface area (Å²) in [5, 5.41) is 5.60. The van der Waals surface area contributed by atoms with Crippen molar-refractivity contribution in [3.8, 4) is 0 Å². The molecule has 1 saturated heterocycles. The minimum Gasteiger partial charge on any atom is -0.305 e. The average Bonchev–Trinajstić information content (AvgIpc) is 2.42. The van der Waals surface area contributed by atoms with Gasteiger partial charge in [0.1, 0.15) is 11.7 Å². The topological polar surface area (TPSA) is 53.0 Å². The summed E-state index contributed by atoms with van der Waals surface area (Å²) in [5.41, 5.74) is 0.212. The highest BCUT2D eigenvalue weighted by atomic mass is 16.2. The largest absolute Gasteiger partial charge is 0.305 e. The van der Waals surface area contributed by atoms with Crippen LogP contribution >= 0.6 is 0 Å². The first-order valence-electron chi connectivity index (χ1n) is 5.08. The van der Waals surface area contributed by atoms with Crippen LogP contribution in [0.2, 0.25) is 0 Å². The third-order valence-corrected chi connectivity index (χ3v) is 3.23. The van der Waals surface area contributed by atoms with Crippen LogP contribution in [0.15, 0.2) is 5.10 Å². The van der Waals surface area contributed by atoms with Gasteiger partial charge in [0.2, 0.25) is 0 Å². The third-order valence-electron chi connectivity index (χ3n) is 3.23. The number of hydrogen-bond acceptors (Lipinski definition) is 4. The van der Waals surface area contributed by atoms with Crippen LogP contribution in [0, 0.1) is 5.41 Å². The van der Waals surface area contributed by atoms with Gasteiger partial charge in [0, 0.05) is 33.0 Å². The molecule has 82 valence electrons. The molecule has 1 fully saturated rings. The molecule has 5 heteroatoms. The highest BCUT2D eigenvalue weighted by Crippen LogP contribution is 2.36. The maximum Gasteiger partial charge on any atom is 0.256 e. The summed E-state index contributed by atoms with van der Waals surface area (Å²) < 4.78 is 0. The molecule has 0 N–H and O–H groups in total. The Morgan fingerprint density at radius 3 is 2.93 bits per heavy atom. The second kappa shape index (κ2) is 3.41. The number of fused-ring (bicyclic) bond motifs is 1. The monoisotopic (exact) mass is 209 g/mol. The van der Waals surface area contributed by atoms with Crippen molar-refractivity contribution >= 4 is 17.9 Å². The van der Waals surface area contributed by atoms with E-state index in [4.69, 9.17) is 0 Å². The summed E-state index contributed by atoms with van der Waals surface area (Å²) in [6, 6.07) is 0. The second-order valence-electron chi connectivity index (χ2n) is 4.32. The second-order valence-corrected chi connectivity index (χ2v) is 4.32. The van der Waals surface area contributed by atoms with Gasteiger partial charge in [-0.25, -0.2) is 5.01 Å². The lowest BCUT2D eigenvalue weighted by molar-refractivity contribution is -0.137. The van der Waals surface area contributed by atoms with Crippen molar-refractivity contribution in [1.29, 1.82) is 0 Å². The quantitative estimate of drug-likeness (QED) is 0.588. The molecule has 0 aromatic rings. The first-order chi connectivity index (χ1) is 7.10. The lowest BCUT2D eigenvalue weighted by Gasteiger charge is -2.36. The molecular formula is C10H15N3O2. The fraction of sp³-hybridized carbons (Fsp3) is 0.700. The van der Waals surface area contributed by atoms with Gasteiger partial charge in [-0.05, 0) is 7.05 Å². The van der Waals surface area contributed by atoms with Gasteiger partial charge in [-0.15, -0.1) is 0 Å². The molecule has 0 aromatic heterocycles. The molecule has 0 bridgehead atoms. The first-order valence-corrected chi connectivity index (χ1v) is 5.08. The van der Waals surface area contributed by atoms with E-state index in [1.54, 1.807) is 7.05 Å². The predicted molar refractivity (Wildman–Crippen MR) is 55.4 cm³/mol. The van der Waals surface area contributed by atoms with Crippen molar-refractivity contribution in [2.45, 2.75) is 12.8 Å². The summed E-state index contributed by atoms with van der Waals surface area (Å²) >= 11 is 0. The number of hydrogen-bond donors (Lipinski definition) is 0. The fourth-order valence-corrected chi connectivity index (χ4v) is 2.45. The maximum absolute atomic E-state index is 12.0. The number of amides is 1. The van der Waals surface area contributed by atoms with Gasteiger partial charge in [-0.3, -0.25) is 4.79 Å². The molecule has 0 aromatic carbocycles. The summed E-state index contributed by atoms with van der Waals surface area (Å²) in [5.74, 6) is -0.0452. The highest BCUT2D eigenvalue weighted by Gasteiger charge is 2.51. The van der Waals surface area contributed by atoms with Crippen LogP contribution in [-0.4, -0.2) is 55.0 Å². The van der Waals surface area contributed by atoms with Crippen molar-refractivity contribution in [3.05, 3.63) is 0 Å². The van der Waals surface area contributed by atoms with E-state index in [0.717, 1.165) is 25.0 Å². The van der Waals surface area contributed by atoms with Crippen LogP contribution in [-0.2, 0) is 9.59 Å². The Labute approximate surface area is 88.7 Å². The van der Waals surface area contributed by atoms with E-state index in [-0.39, 0.29) is 12.3 Å². The lowest BCUT2D eigenvalue weighted by Crippen LogP contribution is -2.51. The van der Waals surface area contributed by atoms with E-state index in [2.05, 4.69) is 10.0 Å². The van der Waals surface area contributed by atoms with Crippen LogP contribution in [0.4, 0.5) is 0 Å². The summed E-state index contributed by atoms with van der Waals surface area (Å²) in [6.07, 6.45) is 1.85. The molecule has 2 aliphatic heterocycles. The molecule has 0 spiro atoms. The molecule has 0 saturated carbocycles. The number of hydrazone groups is 1. The van der Waals surface area contributed by atoms with Crippen molar-refractivity contribution in [1.82, 2.24) is 9.91 Å². The Bertz CT molecular complexity index is 340. The molecule has 1 amide bonds. The molecule has 1 atom stereocenters. The van der Waals surface area contributed by atoms with Gasteiger partial charge in [-0.1, -0.05) is 0 Å². The van der Waals surface area contributed by atoms with Crippen LogP contribution < -0.4 is 0 Å². The van der Waals surface area contributed by atoms with Crippen LogP contribution in [0.5, 0.6) is 0 Å². The number of likely N-dealkylation sites (tertiary alicyclic amines) is 1. The zero-order valence-corrected chi connectivity index (χ0v) is 9.06. The number of rotatable bonds is 2. The lowest BCUT2D eigenvalue weighted by atomic mass is 9.76. The van der Waals surface area contributed by atoms with E-state index in [1.807, 2.05) is 7.05 Å². The van der Waals surface area contributed by atoms with Crippen molar-refractivity contribution < 1.29 is 9.59 Å². The smallest absolute Gasteiger partial charge is 0.256 e. The predicted octanol–water partition coefficient (Wildman–Crippen LogP) is -0.275. The molecule has 15 heavy (non-hydrogen) atoms. The van der Waals surface area contributed by atoms with Crippen LogP contribution in [0.1, 0.15) is 12.8 Å². The zero-order valence-electron chi connectivity index (χ0n) is 9.06. The Morgan fingerprint density at radius 2 is 2.27 bits per heavy atom. The summed E-state index contributed by atoms with van der Waals surface area (Å²) in [7, 11) is 3.62. The van der Waals surface area contributed by atoms with E-state index in [0.29, 0.717) is 6.54 Å². The summed E-state index contributed by atoms with van der Waals surface area (Å²) in [6.45, 7) is 1.51. The van der Waals surface area contributed by atoms with Gasteiger partial charge in [0.25, 0.3) is 5.91 Å². The zero-order chi connectivity index (χ0) is 11.1. The molecule has 2 rings (SSSR count). The van der Waals surface area contributed by atoms with E-state index in [9.17, 15) is 9.59 Å². The molecule has 5 nitrogen and oxygen atoms in total.